The van der Waals surface area contributed by atoms with E-state index in [4.69, 9.17) is 37.4 Å². The maximum absolute atomic E-state index is 14.3. The molecule has 0 aromatic heterocycles. The number of piperazine rings is 1. The minimum Gasteiger partial charge on any atom is -0.468 e. The van der Waals surface area contributed by atoms with Crippen LogP contribution in [0.3, 0.4) is 0 Å². The molecule has 10 nitrogen and oxygen atoms in total. The summed E-state index contributed by atoms with van der Waals surface area (Å²) in [5.74, 6) is -1.86. The van der Waals surface area contributed by atoms with Gasteiger partial charge in [-0.05, 0) is 49.5 Å². The molecule has 2 saturated heterocycles. The zero-order valence-corrected chi connectivity index (χ0v) is 27.2. The molecule has 0 N–H and O–H groups in total. The van der Waals surface area contributed by atoms with Crippen molar-refractivity contribution in [1.29, 1.82) is 0 Å². The van der Waals surface area contributed by atoms with Gasteiger partial charge in [0, 0.05) is 54.3 Å². The fourth-order valence-corrected chi connectivity index (χ4v) is 6.59. The van der Waals surface area contributed by atoms with Crippen molar-refractivity contribution in [2.45, 2.75) is 66.2 Å². The summed E-state index contributed by atoms with van der Waals surface area (Å²) in [7, 11) is 1.32. The molecule has 0 saturated carbocycles. The number of piperidine rings is 1. The van der Waals surface area contributed by atoms with E-state index in [1.807, 2.05) is 33.8 Å². The van der Waals surface area contributed by atoms with E-state index in [-0.39, 0.29) is 49.3 Å². The molecule has 0 bridgehead atoms. The highest BCUT2D eigenvalue weighted by Crippen LogP contribution is 2.52. The Morgan fingerprint density at radius 1 is 1.09 bits per heavy atom. The lowest BCUT2D eigenvalue weighted by atomic mass is 9.65. The third-order valence-electron chi connectivity index (χ3n) is 8.61. The minimum atomic E-state index is -1.32. The van der Waals surface area contributed by atoms with Crippen LogP contribution in [0.25, 0.3) is 0 Å². The highest BCUT2D eigenvalue weighted by Gasteiger charge is 2.60. The molecule has 43 heavy (non-hydrogen) atoms. The number of halogens is 2. The number of benzene rings is 1. The Morgan fingerprint density at radius 2 is 1.74 bits per heavy atom. The first kappa shape index (κ1) is 33.1. The molecule has 1 aromatic rings. The molecule has 0 radical (unpaired) electrons. The van der Waals surface area contributed by atoms with E-state index < -0.39 is 29.5 Å². The number of rotatable bonds is 6. The van der Waals surface area contributed by atoms with E-state index in [0.717, 1.165) is 0 Å². The number of hydrogen-bond donors (Lipinski definition) is 0. The fraction of sp³-hybridized carbons (Fsp3) is 0.613. The molecule has 3 amide bonds. The fourth-order valence-electron chi connectivity index (χ4n) is 6.12. The number of ether oxygens (including phenoxy) is 3. The summed E-state index contributed by atoms with van der Waals surface area (Å²) in [6.07, 6.45) is 0.358. The summed E-state index contributed by atoms with van der Waals surface area (Å²) < 4.78 is 16.9. The van der Waals surface area contributed by atoms with Crippen LogP contribution in [0.15, 0.2) is 30.0 Å². The second-order valence-corrected chi connectivity index (χ2v) is 13.3. The smallest absolute Gasteiger partial charge is 0.409 e. The molecular formula is C31H41Cl2N3O7. The van der Waals surface area contributed by atoms with Crippen LogP contribution in [0, 0.1) is 16.7 Å². The van der Waals surface area contributed by atoms with Crippen LogP contribution in [0.4, 0.5) is 4.79 Å². The van der Waals surface area contributed by atoms with Crippen LogP contribution in [0.2, 0.25) is 10.0 Å². The molecule has 4 atom stereocenters. The lowest BCUT2D eigenvalue weighted by Gasteiger charge is -2.53. The summed E-state index contributed by atoms with van der Waals surface area (Å²) in [6.45, 7) is 11.3. The molecule has 0 aliphatic carbocycles. The number of fused-ring (bicyclic) bond motifs is 1. The van der Waals surface area contributed by atoms with E-state index in [9.17, 15) is 19.2 Å². The van der Waals surface area contributed by atoms with Crippen molar-refractivity contribution in [3.8, 4) is 0 Å². The summed E-state index contributed by atoms with van der Waals surface area (Å²) in [4.78, 5) is 58.5. The zero-order chi connectivity index (χ0) is 31.7. The van der Waals surface area contributed by atoms with Crippen LogP contribution < -0.4 is 0 Å². The first-order valence-electron chi connectivity index (χ1n) is 14.6. The number of amides is 3. The van der Waals surface area contributed by atoms with Crippen LogP contribution in [0.1, 0.15) is 53.0 Å². The van der Waals surface area contributed by atoms with Gasteiger partial charge in [-0.1, -0.05) is 50.0 Å². The van der Waals surface area contributed by atoms with Crippen molar-refractivity contribution in [2.24, 2.45) is 16.7 Å². The van der Waals surface area contributed by atoms with Gasteiger partial charge in [0.05, 0.1) is 32.5 Å². The summed E-state index contributed by atoms with van der Waals surface area (Å²) in [5.41, 5.74) is -0.501. The number of hydrogen-bond acceptors (Lipinski definition) is 7. The first-order valence-corrected chi connectivity index (χ1v) is 15.4. The third-order valence-corrected chi connectivity index (χ3v) is 9.20. The van der Waals surface area contributed by atoms with Crippen molar-refractivity contribution in [2.75, 3.05) is 39.9 Å². The number of carbonyl (C=O) groups excluding carboxylic acids is 4. The zero-order valence-electron chi connectivity index (χ0n) is 25.7. The molecule has 0 unspecified atom stereocenters. The Morgan fingerprint density at radius 3 is 2.33 bits per heavy atom. The molecular weight excluding hydrogens is 597 g/mol. The van der Waals surface area contributed by atoms with Gasteiger partial charge in [0.2, 0.25) is 11.8 Å². The van der Waals surface area contributed by atoms with Gasteiger partial charge in [-0.2, -0.15) is 0 Å². The predicted molar refractivity (Wildman–Crippen MR) is 161 cm³/mol. The maximum atomic E-state index is 14.3. The average molecular weight is 639 g/mol. The molecule has 3 aliphatic rings. The summed E-state index contributed by atoms with van der Waals surface area (Å²) >= 11 is 12.7. The van der Waals surface area contributed by atoms with Crippen LogP contribution in [-0.2, 0) is 35.1 Å². The van der Waals surface area contributed by atoms with Crippen molar-refractivity contribution in [3.05, 3.63) is 45.6 Å². The standard InChI is InChI=1S/C31H41Cl2N3O7/c1-7-42-29(40)35-12-10-34(11-13-35)26(37)14-21-17-31(28(39)41-6)19(2)43-25(30(3,4)5)16-24(31)36(27(21)38)18-20-8-9-22(32)15-23(20)33/h8-9,15-16,19,21,25H,7,10-14,17-18H2,1-6H3/t19-,21+,25-,31+/m1/s1. The normalized spacial score (nSPS) is 26.0. The quantitative estimate of drug-likeness (QED) is 0.408. The molecule has 3 aliphatic heterocycles. The molecule has 236 valence electrons. The average Bonchev–Trinajstić information content (AvgIpc) is 2.95. The van der Waals surface area contributed by atoms with Crippen LogP contribution in [-0.4, -0.2) is 90.7 Å². The molecule has 12 heteroatoms. The van der Waals surface area contributed by atoms with Gasteiger partial charge >= 0.3 is 12.1 Å². The molecule has 1 aromatic carbocycles. The van der Waals surface area contributed by atoms with Crippen molar-refractivity contribution in [1.82, 2.24) is 14.7 Å². The molecule has 4 rings (SSSR count). The van der Waals surface area contributed by atoms with Crippen LogP contribution in [0.5, 0.6) is 0 Å². The topological polar surface area (TPSA) is 106 Å². The highest BCUT2D eigenvalue weighted by atomic mass is 35.5. The van der Waals surface area contributed by atoms with Crippen molar-refractivity contribution >= 4 is 47.1 Å². The molecule has 2 fully saturated rings. The molecule has 3 heterocycles. The van der Waals surface area contributed by atoms with Crippen molar-refractivity contribution < 1.29 is 33.4 Å². The first-order chi connectivity index (χ1) is 20.2. The summed E-state index contributed by atoms with van der Waals surface area (Å²) in [6, 6.07) is 5.05. The SMILES string of the molecule is CCOC(=O)N1CCN(C(=O)C[C@H]2C[C@@]3(C(=O)OC)C(=C[C@H](C(C)(C)C)O[C@@H]3C)N(Cc3ccc(Cl)cc3Cl)C2=O)CC1. The lowest BCUT2D eigenvalue weighted by molar-refractivity contribution is -0.180. The van der Waals surface area contributed by atoms with Gasteiger partial charge in [-0.15, -0.1) is 0 Å². The summed E-state index contributed by atoms with van der Waals surface area (Å²) in [5, 5.41) is 0.843. The van der Waals surface area contributed by atoms with E-state index in [1.54, 1.807) is 39.8 Å². The van der Waals surface area contributed by atoms with Gasteiger partial charge in [0.25, 0.3) is 0 Å². The highest BCUT2D eigenvalue weighted by molar-refractivity contribution is 6.35. The van der Waals surface area contributed by atoms with Gasteiger partial charge < -0.3 is 28.9 Å². The van der Waals surface area contributed by atoms with Gasteiger partial charge in [-0.3, -0.25) is 14.4 Å². The molecule has 0 spiro atoms. The van der Waals surface area contributed by atoms with E-state index >= 15 is 0 Å². The number of likely N-dealkylation sites (tertiary alicyclic amines) is 1. The Kier molecular flexibility index (Phi) is 10.0. The maximum Gasteiger partial charge on any atom is 0.409 e. The predicted octanol–water partition coefficient (Wildman–Crippen LogP) is 4.91. The second kappa shape index (κ2) is 13.0. The van der Waals surface area contributed by atoms with Gasteiger partial charge in [0.1, 0.15) is 5.41 Å². The van der Waals surface area contributed by atoms with Crippen LogP contribution >= 0.6 is 23.2 Å². The Bertz CT molecular complexity index is 1290. The second-order valence-electron chi connectivity index (χ2n) is 12.4. The number of carbonyl (C=O) groups is 4. The largest absolute Gasteiger partial charge is 0.468 e. The number of nitrogens with zero attached hydrogens (tertiary/aromatic N) is 3. The third kappa shape index (κ3) is 6.66. The van der Waals surface area contributed by atoms with Gasteiger partial charge in [-0.25, -0.2) is 4.79 Å². The monoisotopic (exact) mass is 637 g/mol. The number of esters is 1. The minimum absolute atomic E-state index is 0.0573. The van der Waals surface area contributed by atoms with E-state index in [0.29, 0.717) is 47.5 Å². The van der Waals surface area contributed by atoms with E-state index in [1.165, 1.54) is 7.11 Å². The van der Waals surface area contributed by atoms with Crippen molar-refractivity contribution in [3.63, 3.8) is 0 Å². The Balaban J connectivity index is 1.69. The van der Waals surface area contributed by atoms with Gasteiger partial charge in [0.15, 0.2) is 0 Å². The van der Waals surface area contributed by atoms with E-state index in [2.05, 4.69) is 0 Å². The lowest BCUT2D eigenvalue weighted by Crippen LogP contribution is -2.61. The Hall–Kier alpha value is -2.82. The Labute approximate surface area is 263 Å². The number of methoxy groups -OCH3 is 1.